The van der Waals surface area contributed by atoms with Crippen molar-refractivity contribution in [2.75, 3.05) is 12.3 Å². The highest BCUT2D eigenvalue weighted by Gasteiger charge is 2.34. The normalized spacial score (nSPS) is 13.4. The Morgan fingerprint density at radius 3 is 1.92 bits per heavy atom. The zero-order valence-electron chi connectivity index (χ0n) is 14.1. The second-order valence-corrected chi connectivity index (χ2v) is 7.39. The third kappa shape index (κ3) is 4.12. The van der Waals surface area contributed by atoms with Gasteiger partial charge in [0.15, 0.2) is 0 Å². The van der Waals surface area contributed by atoms with Crippen LogP contribution in [0.5, 0.6) is 0 Å². The molecule has 0 spiro atoms. The van der Waals surface area contributed by atoms with Gasteiger partial charge in [-0.3, -0.25) is 0 Å². The SMILES string of the molecule is NCCSC(Cc1ccccc1)(c1ccccc1)c1ccc(F)cc1. The maximum Gasteiger partial charge on any atom is 0.123 e. The molecule has 0 radical (unpaired) electrons. The molecule has 3 rings (SSSR count). The number of hydrogen-bond acceptors (Lipinski definition) is 2. The topological polar surface area (TPSA) is 26.0 Å². The van der Waals surface area contributed by atoms with Crippen molar-refractivity contribution in [2.45, 2.75) is 11.2 Å². The number of nitrogens with two attached hydrogens (primary N) is 1. The van der Waals surface area contributed by atoms with E-state index in [0.717, 1.165) is 17.7 Å². The molecule has 2 N–H and O–H groups in total. The summed E-state index contributed by atoms with van der Waals surface area (Å²) in [5.74, 6) is 0.619. The summed E-state index contributed by atoms with van der Waals surface area (Å²) in [6.45, 7) is 0.606. The van der Waals surface area contributed by atoms with E-state index in [1.54, 1.807) is 12.1 Å². The fourth-order valence-corrected chi connectivity index (χ4v) is 4.47. The molecule has 3 aromatic carbocycles. The summed E-state index contributed by atoms with van der Waals surface area (Å²) in [5.41, 5.74) is 9.39. The van der Waals surface area contributed by atoms with Gasteiger partial charge in [0, 0.05) is 12.3 Å². The van der Waals surface area contributed by atoms with Crippen LogP contribution in [0, 0.1) is 5.82 Å². The maximum absolute atomic E-state index is 13.5. The standard InChI is InChI=1S/C22H22FNS/c23-21-13-11-20(12-14-21)22(25-16-15-24,19-9-5-2-6-10-19)17-18-7-3-1-4-8-18/h1-14H,15-17,24H2. The van der Waals surface area contributed by atoms with E-state index in [1.807, 2.05) is 36.0 Å². The minimum absolute atomic E-state index is 0.214. The third-order valence-corrected chi connectivity index (χ3v) is 5.86. The van der Waals surface area contributed by atoms with E-state index in [1.165, 1.54) is 11.1 Å². The van der Waals surface area contributed by atoms with E-state index in [4.69, 9.17) is 5.73 Å². The van der Waals surface area contributed by atoms with Gasteiger partial charge in [-0.1, -0.05) is 72.8 Å². The number of rotatable bonds is 7. The van der Waals surface area contributed by atoms with Crippen molar-refractivity contribution < 1.29 is 4.39 Å². The lowest BCUT2D eigenvalue weighted by atomic mass is 9.85. The molecule has 0 aromatic heterocycles. The van der Waals surface area contributed by atoms with E-state index in [-0.39, 0.29) is 10.6 Å². The Morgan fingerprint density at radius 1 is 0.760 bits per heavy atom. The molecule has 0 heterocycles. The fourth-order valence-electron chi connectivity index (χ4n) is 3.13. The first-order chi connectivity index (χ1) is 12.2. The Kier molecular flexibility index (Phi) is 5.90. The van der Waals surface area contributed by atoms with Crippen molar-refractivity contribution >= 4 is 11.8 Å². The average Bonchev–Trinajstić information content (AvgIpc) is 2.67. The summed E-state index contributed by atoms with van der Waals surface area (Å²) in [6.07, 6.45) is 0.828. The number of thioether (sulfide) groups is 1. The molecule has 3 aromatic rings. The Morgan fingerprint density at radius 2 is 1.32 bits per heavy atom. The summed E-state index contributed by atoms with van der Waals surface area (Å²) >= 11 is 1.83. The molecule has 0 saturated carbocycles. The zero-order valence-corrected chi connectivity index (χ0v) is 14.9. The van der Waals surface area contributed by atoms with Gasteiger partial charge < -0.3 is 5.73 Å². The highest BCUT2D eigenvalue weighted by atomic mass is 32.2. The fraction of sp³-hybridized carbons (Fsp3) is 0.182. The average molecular weight is 351 g/mol. The van der Waals surface area contributed by atoms with Crippen LogP contribution in [0.25, 0.3) is 0 Å². The molecular weight excluding hydrogens is 329 g/mol. The predicted molar refractivity (Wildman–Crippen MR) is 105 cm³/mol. The summed E-state index contributed by atoms with van der Waals surface area (Å²) in [5, 5.41) is 0. The second kappa shape index (κ2) is 8.32. The van der Waals surface area contributed by atoms with Crippen LogP contribution >= 0.6 is 11.8 Å². The first kappa shape index (κ1) is 17.7. The van der Waals surface area contributed by atoms with Gasteiger partial charge in [-0.15, -0.1) is 11.8 Å². The van der Waals surface area contributed by atoms with Gasteiger partial charge in [0.25, 0.3) is 0 Å². The first-order valence-corrected chi connectivity index (χ1v) is 9.43. The second-order valence-electron chi connectivity index (χ2n) is 6.00. The van der Waals surface area contributed by atoms with Gasteiger partial charge in [-0.2, -0.15) is 0 Å². The molecule has 0 bridgehead atoms. The quantitative estimate of drug-likeness (QED) is 0.648. The Labute approximate surface area is 153 Å². The van der Waals surface area contributed by atoms with E-state index in [9.17, 15) is 4.39 Å². The van der Waals surface area contributed by atoms with Gasteiger partial charge in [-0.25, -0.2) is 4.39 Å². The molecule has 1 atom stereocenters. The van der Waals surface area contributed by atoms with Crippen molar-refractivity contribution in [3.8, 4) is 0 Å². The van der Waals surface area contributed by atoms with Crippen molar-refractivity contribution in [2.24, 2.45) is 5.73 Å². The largest absolute Gasteiger partial charge is 0.330 e. The van der Waals surface area contributed by atoms with E-state index >= 15 is 0 Å². The first-order valence-electron chi connectivity index (χ1n) is 8.44. The Bertz CT molecular complexity index is 774. The Balaban J connectivity index is 2.14. The van der Waals surface area contributed by atoms with Crippen molar-refractivity contribution in [3.63, 3.8) is 0 Å². The van der Waals surface area contributed by atoms with Crippen LogP contribution in [0.4, 0.5) is 4.39 Å². The van der Waals surface area contributed by atoms with Crippen LogP contribution in [0.1, 0.15) is 16.7 Å². The van der Waals surface area contributed by atoms with E-state index < -0.39 is 0 Å². The van der Waals surface area contributed by atoms with Gasteiger partial charge in [-0.05, 0) is 35.2 Å². The zero-order chi connectivity index (χ0) is 17.5. The van der Waals surface area contributed by atoms with Crippen molar-refractivity contribution in [1.29, 1.82) is 0 Å². The summed E-state index contributed by atoms with van der Waals surface area (Å²) < 4.78 is 13.2. The smallest absolute Gasteiger partial charge is 0.123 e. The molecule has 1 unspecified atom stereocenters. The van der Waals surface area contributed by atoms with Crippen LogP contribution < -0.4 is 5.73 Å². The minimum Gasteiger partial charge on any atom is -0.330 e. The molecule has 3 heteroatoms. The highest BCUT2D eigenvalue weighted by Crippen LogP contribution is 2.45. The lowest BCUT2D eigenvalue weighted by molar-refractivity contribution is 0.624. The molecule has 0 amide bonds. The molecule has 0 aliphatic heterocycles. The lowest BCUT2D eigenvalue weighted by Crippen LogP contribution is -2.28. The summed E-state index contributed by atoms with van der Waals surface area (Å²) in [4.78, 5) is 0. The van der Waals surface area contributed by atoms with Crippen LogP contribution in [-0.2, 0) is 11.2 Å². The number of halogens is 1. The molecule has 128 valence electrons. The molecule has 25 heavy (non-hydrogen) atoms. The number of hydrogen-bond donors (Lipinski definition) is 1. The minimum atomic E-state index is -0.296. The van der Waals surface area contributed by atoms with Crippen LogP contribution in [0.15, 0.2) is 84.9 Å². The molecular formula is C22H22FNS. The van der Waals surface area contributed by atoms with Crippen molar-refractivity contribution in [3.05, 3.63) is 107 Å². The summed E-state index contributed by atoms with van der Waals surface area (Å²) in [6, 6.07) is 27.7. The molecule has 0 fully saturated rings. The lowest BCUT2D eigenvalue weighted by Gasteiger charge is -2.35. The summed E-state index contributed by atoms with van der Waals surface area (Å²) in [7, 11) is 0. The van der Waals surface area contributed by atoms with E-state index in [0.29, 0.717) is 6.54 Å². The molecule has 0 aliphatic rings. The van der Waals surface area contributed by atoms with E-state index in [2.05, 4.69) is 48.5 Å². The van der Waals surface area contributed by atoms with Crippen LogP contribution in [-0.4, -0.2) is 12.3 Å². The van der Waals surface area contributed by atoms with Gasteiger partial charge >= 0.3 is 0 Å². The van der Waals surface area contributed by atoms with Gasteiger partial charge in [0.1, 0.15) is 5.82 Å². The number of benzene rings is 3. The Hall–Kier alpha value is -2.10. The van der Waals surface area contributed by atoms with Crippen molar-refractivity contribution in [1.82, 2.24) is 0 Å². The third-order valence-electron chi connectivity index (χ3n) is 4.31. The highest BCUT2D eigenvalue weighted by molar-refractivity contribution is 8.00. The van der Waals surface area contributed by atoms with Crippen LogP contribution in [0.2, 0.25) is 0 Å². The molecule has 1 nitrogen and oxygen atoms in total. The predicted octanol–water partition coefficient (Wildman–Crippen LogP) is 5.00. The molecule has 0 saturated heterocycles. The van der Waals surface area contributed by atoms with Gasteiger partial charge in [0.05, 0.1) is 4.75 Å². The monoisotopic (exact) mass is 351 g/mol. The van der Waals surface area contributed by atoms with Crippen LogP contribution in [0.3, 0.4) is 0 Å². The maximum atomic E-state index is 13.5. The van der Waals surface area contributed by atoms with Gasteiger partial charge in [0.2, 0.25) is 0 Å². The molecule has 0 aliphatic carbocycles.